The predicted octanol–water partition coefficient (Wildman–Crippen LogP) is 4.78. The summed E-state index contributed by atoms with van der Waals surface area (Å²) in [6.07, 6.45) is 9.69. The monoisotopic (exact) mass is 335 g/mol. The lowest BCUT2D eigenvalue weighted by molar-refractivity contribution is 0.122. The highest BCUT2D eigenvalue weighted by molar-refractivity contribution is 9.09. The van der Waals surface area contributed by atoms with Gasteiger partial charge in [-0.15, -0.1) is 0 Å². The third-order valence-corrected chi connectivity index (χ3v) is 6.38. The molecule has 0 saturated heterocycles. The molecule has 0 amide bonds. The van der Waals surface area contributed by atoms with E-state index in [2.05, 4.69) is 45.1 Å². The lowest BCUT2D eigenvalue weighted by atomic mass is 9.75. The summed E-state index contributed by atoms with van der Waals surface area (Å²) >= 11 is 3.82. The lowest BCUT2D eigenvalue weighted by Gasteiger charge is -2.40. The van der Waals surface area contributed by atoms with Crippen molar-refractivity contribution in [1.82, 2.24) is 4.90 Å². The van der Waals surface area contributed by atoms with Crippen LogP contribution in [0.3, 0.4) is 0 Å². The highest BCUT2D eigenvalue weighted by Gasteiger charge is 2.33. The van der Waals surface area contributed by atoms with E-state index in [1.54, 1.807) is 11.1 Å². The largest absolute Gasteiger partial charge is 0.298 e. The molecular weight excluding hydrogens is 310 g/mol. The Morgan fingerprint density at radius 1 is 1.00 bits per heavy atom. The number of rotatable bonds is 3. The number of nitrogens with zero attached hydrogens (tertiary/aromatic N) is 1. The van der Waals surface area contributed by atoms with Crippen molar-refractivity contribution in [2.45, 2.75) is 51.5 Å². The zero-order valence-electron chi connectivity index (χ0n) is 12.4. The minimum atomic E-state index is 0.539. The first-order valence-electron chi connectivity index (χ1n) is 8.16. The minimum absolute atomic E-state index is 0.539. The fourth-order valence-corrected chi connectivity index (χ4v) is 4.75. The summed E-state index contributed by atoms with van der Waals surface area (Å²) in [4.78, 5) is 2.72. The normalized spacial score (nSPS) is 23.1. The summed E-state index contributed by atoms with van der Waals surface area (Å²) in [5.41, 5.74) is 3.68. The van der Waals surface area contributed by atoms with E-state index < -0.39 is 0 Å². The summed E-state index contributed by atoms with van der Waals surface area (Å²) in [6, 6.07) is 9.04. The molecule has 1 aromatic rings. The van der Waals surface area contributed by atoms with Crippen molar-refractivity contribution in [2.24, 2.45) is 5.41 Å². The van der Waals surface area contributed by atoms with Crippen molar-refractivity contribution in [2.75, 3.05) is 18.4 Å². The second-order valence-corrected chi connectivity index (χ2v) is 7.34. The van der Waals surface area contributed by atoms with Crippen LogP contribution in [0.4, 0.5) is 0 Å². The summed E-state index contributed by atoms with van der Waals surface area (Å²) < 4.78 is 0. The first-order valence-corrected chi connectivity index (χ1v) is 9.29. The zero-order valence-corrected chi connectivity index (χ0v) is 14.0. The molecule has 0 atom stereocenters. The van der Waals surface area contributed by atoms with Gasteiger partial charge in [0, 0.05) is 18.4 Å². The van der Waals surface area contributed by atoms with Gasteiger partial charge in [-0.3, -0.25) is 4.90 Å². The molecule has 0 radical (unpaired) electrons. The highest BCUT2D eigenvalue weighted by atomic mass is 79.9. The van der Waals surface area contributed by atoms with E-state index >= 15 is 0 Å². The maximum absolute atomic E-state index is 3.82. The van der Waals surface area contributed by atoms with Crippen LogP contribution in [0.5, 0.6) is 0 Å². The summed E-state index contributed by atoms with van der Waals surface area (Å²) in [6.45, 7) is 3.71. The number of hydrogen-bond donors (Lipinski definition) is 0. The number of alkyl halides is 1. The van der Waals surface area contributed by atoms with E-state index in [1.807, 2.05) is 0 Å². The summed E-state index contributed by atoms with van der Waals surface area (Å²) in [5.74, 6) is 0. The number of benzene rings is 1. The Morgan fingerprint density at radius 3 is 2.50 bits per heavy atom. The molecule has 1 saturated carbocycles. The molecule has 0 N–H and O–H groups in total. The van der Waals surface area contributed by atoms with Crippen molar-refractivity contribution in [1.29, 1.82) is 0 Å². The van der Waals surface area contributed by atoms with Crippen molar-refractivity contribution in [3.05, 3.63) is 35.4 Å². The van der Waals surface area contributed by atoms with Crippen LogP contribution < -0.4 is 0 Å². The van der Waals surface area contributed by atoms with E-state index in [4.69, 9.17) is 0 Å². The van der Waals surface area contributed by atoms with Crippen molar-refractivity contribution in [3.8, 4) is 0 Å². The molecule has 1 nitrogen and oxygen atoms in total. The van der Waals surface area contributed by atoms with E-state index in [0.29, 0.717) is 5.41 Å². The van der Waals surface area contributed by atoms with Gasteiger partial charge >= 0.3 is 0 Å². The van der Waals surface area contributed by atoms with Gasteiger partial charge in [0.25, 0.3) is 0 Å². The average Bonchev–Trinajstić information content (AvgIpc) is 2.69. The molecule has 110 valence electrons. The van der Waals surface area contributed by atoms with Gasteiger partial charge in [-0.25, -0.2) is 0 Å². The molecule has 1 fully saturated rings. The number of hydrogen-bond acceptors (Lipinski definition) is 1. The molecule has 2 aliphatic rings. The zero-order chi connectivity index (χ0) is 13.8. The third kappa shape index (κ3) is 3.28. The predicted molar refractivity (Wildman–Crippen MR) is 89.4 cm³/mol. The van der Waals surface area contributed by atoms with Crippen molar-refractivity contribution in [3.63, 3.8) is 0 Å². The van der Waals surface area contributed by atoms with Gasteiger partial charge in [0.15, 0.2) is 0 Å². The van der Waals surface area contributed by atoms with E-state index in [9.17, 15) is 0 Å². The second kappa shape index (κ2) is 6.62. The standard InChI is InChI=1S/C18H26BrN/c19-14-18(10-4-1-5-11-18)15-20-12-6-9-16-7-2-3-8-17(16)13-20/h2-3,7-8H,1,4-6,9-15H2. The molecular formula is C18H26BrN. The van der Waals surface area contributed by atoms with Crippen LogP contribution in [0.15, 0.2) is 24.3 Å². The van der Waals surface area contributed by atoms with E-state index in [0.717, 1.165) is 6.54 Å². The Kier molecular flexibility index (Phi) is 4.83. The fraction of sp³-hybridized carbons (Fsp3) is 0.667. The number of halogens is 1. The van der Waals surface area contributed by atoms with Crippen LogP contribution in [0.1, 0.15) is 49.7 Å². The second-order valence-electron chi connectivity index (χ2n) is 6.78. The van der Waals surface area contributed by atoms with Gasteiger partial charge < -0.3 is 0 Å². The average molecular weight is 336 g/mol. The third-order valence-electron chi connectivity index (χ3n) is 5.19. The van der Waals surface area contributed by atoms with Gasteiger partial charge in [-0.1, -0.05) is 59.5 Å². The first kappa shape index (κ1) is 14.6. The molecule has 20 heavy (non-hydrogen) atoms. The molecule has 3 rings (SSSR count). The Morgan fingerprint density at radius 2 is 1.75 bits per heavy atom. The van der Waals surface area contributed by atoms with Gasteiger partial charge in [0.1, 0.15) is 0 Å². The maximum atomic E-state index is 3.82. The molecule has 1 aliphatic heterocycles. The minimum Gasteiger partial charge on any atom is -0.298 e. The van der Waals surface area contributed by atoms with Crippen LogP contribution in [-0.4, -0.2) is 23.3 Å². The fourth-order valence-electron chi connectivity index (χ4n) is 4.01. The molecule has 1 aromatic carbocycles. The van der Waals surface area contributed by atoms with Gasteiger partial charge in [0.2, 0.25) is 0 Å². The Bertz CT molecular complexity index is 437. The van der Waals surface area contributed by atoms with Gasteiger partial charge in [-0.05, 0) is 48.8 Å². The molecule has 2 heteroatoms. The Hall–Kier alpha value is -0.340. The maximum Gasteiger partial charge on any atom is 0.0236 e. The molecule has 1 heterocycles. The first-order chi connectivity index (χ1) is 9.81. The summed E-state index contributed by atoms with van der Waals surface area (Å²) in [5, 5.41) is 1.18. The Balaban J connectivity index is 1.71. The highest BCUT2D eigenvalue weighted by Crippen LogP contribution is 2.39. The van der Waals surface area contributed by atoms with Crippen LogP contribution in [-0.2, 0) is 13.0 Å². The van der Waals surface area contributed by atoms with Crippen LogP contribution in [0, 0.1) is 5.41 Å². The SMILES string of the molecule is BrCC1(CN2CCCc3ccccc3C2)CCCCC1. The molecule has 0 spiro atoms. The number of fused-ring (bicyclic) bond motifs is 1. The van der Waals surface area contributed by atoms with E-state index in [1.165, 1.54) is 63.4 Å². The lowest BCUT2D eigenvalue weighted by Crippen LogP contribution is -2.40. The number of aryl methyl sites for hydroxylation is 1. The molecule has 0 unspecified atom stereocenters. The Labute approximate surface area is 131 Å². The van der Waals surface area contributed by atoms with Crippen LogP contribution in [0.25, 0.3) is 0 Å². The van der Waals surface area contributed by atoms with Crippen LogP contribution >= 0.6 is 15.9 Å². The van der Waals surface area contributed by atoms with Gasteiger partial charge in [0.05, 0.1) is 0 Å². The molecule has 0 aromatic heterocycles. The van der Waals surface area contributed by atoms with Crippen molar-refractivity contribution < 1.29 is 0 Å². The smallest absolute Gasteiger partial charge is 0.0236 e. The molecule has 0 bridgehead atoms. The van der Waals surface area contributed by atoms with Crippen LogP contribution in [0.2, 0.25) is 0 Å². The summed E-state index contributed by atoms with van der Waals surface area (Å²) in [7, 11) is 0. The van der Waals surface area contributed by atoms with Gasteiger partial charge in [-0.2, -0.15) is 0 Å². The quantitative estimate of drug-likeness (QED) is 0.718. The van der Waals surface area contributed by atoms with E-state index in [-0.39, 0.29) is 0 Å². The molecule has 1 aliphatic carbocycles. The van der Waals surface area contributed by atoms with Crippen molar-refractivity contribution >= 4 is 15.9 Å². The topological polar surface area (TPSA) is 3.24 Å².